The molecule has 1 heterocycles. The zero-order chi connectivity index (χ0) is 22.5. The Labute approximate surface area is 184 Å². The molecule has 9 nitrogen and oxygen atoms in total. The highest BCUT2D eigenvalue weighted by atomic mass is 35.5. The van der Waals surface area contributed by atoms with Crippen molar-refractivity contribution in [1.82, 2.24) is 10.2 Å². The summed E-state index contributed by atoms with van der Waals surface area (Å²) in [5, 5.41) is 9.86. The highest BCUT2D eigenvalue weighted by molar-refractivity contribution is 7.92. The molecule has 1 amide bonds. The number of aromatic nitrogens is 2. The summed E-state index contributed by atoms with van der Waals surface area (Å²) in [6, 6.07) is 16.0. The van der Waals surface area contributed by atoms with Crippen molar-refractivity contribution in [2.75, 3.05) is 15.8 Å². The van der Waals surface area contributed by atoms with E-state index in [1.165, 1.54) is 48.5 Å². The number of amides is 1. The summed E-state index contributed by atoms with van der Waals surface area (Å²) in [7, 11) is -7.49. The number of anilines is 2. The summed E-state index contributed by atoms with van der Waals surface area (Å²) < 4.78 is 51.5. The lowest BCUT2D eigenvalue weighted by Crippen LogP contribution is -2.18. The van der Waals surface area contributed by atoms with Crippen LogP contribution in [-0.4, -0.2) is 38.7 Å². The molecule has 0 unspecified atom stereocenters. The first-order valence-electron chi connectivity index (χ1n) is 8.85. The van der Waals surface area contributed by atoms with Gasteiger partial charge in [-0.2, -0.15) is 0 Å². The number of sulfonamides is 1. The highest BCUT2D eigenvalue weighted by Crippen LogP contribution is 2.18. The van der Waals surface area contributed by atoms with Crippen LogP contribution >= 0.6 is 11.6 Å². The Hall–Kier alpha value is -3.02. The largest absolute Gasteiger partial charge is 0.326 e. The van der Waals surface area contributed by atoms with Crippen LogP contribution in [0.4, 0.5) is 11.5 Å². The topological polar surface area (TPSA) is 135 Å². The molecule has 0 atom stereocenters. The number of nitrogens with one attached hydrogen (secondary N) is 2. The van der Waals surface area contributed by atoms with Crippen molar-refractivity contribution in [3.8, 4) is 0 Å². The van der Waals surface area contributed by atoms with Crippen LogP contribution in [0.1, 0.15) is 6.42 Å². The van der Waals surface area contributed by atoms with Crippen LogP contribution in [0.25, 0.3) is 0 Å². The van der Waals surface area contributed by atoms with Crippen LogP contribution in [0.3, 0.4) is 0 Å². The molecule has 0 bridgehead atoms. The number of benzene rings is 2. The molecule has 3 aromatic rings. The first-order chi connectivity index (χ1) is 14.7. The summed E-state index contributed by atoms with van der Waals surface area (Å²) in [5.41, 5.74) is 0.326. The molecule has 2 N–H and O–H groups in total. The SMILES string of the molecule is O=C(CCS(=O)(=O)c1ccccc1)Nc1ccc(S(=O)(=O)Nc2ccc(Cl)nn2)cc1. The van der Waals surface area contributed by atoms with E-state index < -0.39 is 25.8 Å². The van der Waals surface area contributed by atoms with Gasteiger partial charge in [0, 0.05) is 12.1 Å². The van der Waals surface area contributed by atoms with E-state index in [9.17, 15) is 21.6 Å². The molecular formula is C19H17ClN4O5S2. The molecule has 162 valence electrons. The van der Waals surface area contributed by atoms with Crippen molar-refractivity contribution >= 4 is 48.9 Å². The van der Waals surface area contributed by atoms with Crippen LogP contribution in [0, 0.1) is 0 Å². The van der Waals surface area contributed by atoms with Crippen molar-refractivity contribution in [2.45, 2.75) is 16.2 Å². The van der Waals surface area contributed by atoms with Gasteiger partial charge in [0.1, 0.15) is 0 Å². The van der Waals surface area contributed by atoms with Gasteiger partial charge in [0.25, 0.3) is 10.0 Å². The molecule has 0 aliphatic carbocycles. The summed E-state index contributed by atoms with van der Waals surface area (Å²) in [5.74, 6) is -0.854. The van der Waals surface area contributed by atoms with E-state index in [0.717, 1.165) is 0 Å². The molecule has 0 fully saturated rings. The molecule has 0 spiro atoms. The molecule has 1 aromatic heterocycles. The lowest BCUT2D eigenvalue weighted by atomic mass is 10.3. The first-order valence-corrected chi connectivity index (χ1v) is 12.4. The molecule has 3 rings (SSSR count). The van der Waals surface area contributed by atoms with Gasteiger partial charge in [-0.25, -0.2) is 16.8 Å². The van der Waals surface area contributed by atoms with Crippen molar-refractivity contribution in [3.05, 3.63) is 71.9 Å². The van der Waals surface area contributed by atoms with E-state index >= 15 is 0 Å². The second-order valence-electron chi connectivity index (χ2n) is 6.30. The lowest BCUT2D eigenvalue weighted by Gasteiger charge is -2.09. The van der Waals surface area contributed by atoms with Gasteiger partial charge < -0.3 is 5.32 Å². The van der Waals surface area contributed by atoms with Crippen LogP contribution in [0.5, 0.6) is 0 Å². The number of rotatable bonds is 8. The number of sulfone groups is 1. The van der Waals surface area contributed by atoms with Crippen molar-refractivity contribution in [1.29, 1.82) is 0 Å². The van der Waals surface area contributed by atoms with Gasteiger partial charge in [-0.05, 0) is 48.5 Å². The molecule has 0 aliphatic rings. The average Bonchev–Trinajstić information content (AvgIpc) is 2.75. The summed E-state index contributed by atoms with van der Waals surface area (Å²) in [4.78, 5) is 12.2. The Morgan fingerprint density at radius 1 is 0.839 bits per heavy atom. The molecule has 0 saturated carbocycles. The van der Waals surface area contributed by atoms with Crippen LogP contribution in [0.2, 0.25) is 5.15 Å². The normalized spacial score (nSPS) is 11.6. The van der Waals surface area contributed by atoms with Crippen LogP contribution in [-0.2, 0) is 24.7 Å². The second-order valence-corrected chi connectivity index (χ2v) is 10.5. The Morgan fingerprint density at radius 3 is 2.13 bits per heavy atom. The minimum absolute atomic E-state index is 0.00130. The van der Waals surface area contributed by atoms with E-state index in [-0.39, 0.29) is 32.9 Å². The smallest absolute Gasteiger partial charge is 0.263 e. The van der Waals surface area contributed by atoms with E-state index in [2.05, 4.69) is 20.2 Å². The Bertz CT molecular complexity index is 1270. The monoisotopic (exact) mass is 480 g/mol. The van der Waals surface area contributed by atoms with Crippen molar-refractivity contribution in [3.63, 3.8) is 0 Å². The van der Waals surface area contributed by atoms with Gasteiger partial charge in [0.05, 0.1) is 15.5 Å². The second kappa shape index (κ2) is 9.41. The fourth-order valence-corrected chi connectivity index (χ4v) is 4.84. The fraction of sp³-hybridized carbons (Fsp3) is 0.105. The number of nitrogens with zero attached hydrogens (tertiary/aromatic N) is 2. The predicted molar refractivity (Wildman–Crippen MR) is 116 cm³/mol. The maximum Gasteiger partial charge on any atom is 0.263 e. The number of hydrogen-bond acceptors (Lipinski definition) is 7. The zero-order valence-corrected chi connectivity index (χ0v) is 18.3. The van der Waals surface area contributed by atoms with Crippen molar-refractivity contribution in [2.24, 2.45) is 0 Å². The van der Waals surface area contributed by atoms with Crippen LogP contribution < -0.4 is 10.0 Å². The maximum absolute atomic E-state index is 12.4. The minimum atomic E-state index is -3.92. The van der Waals surface area contributed by atoms with E-state index in [4.69, 9.17) is 11.6 Å². The van der Waals surface area contributed by atoms with Gasteiger partial charge >= 0.3 is 0 Å². The molecule has 0 aliphatic heterocycles. The maximum atomic E-state index is 12.4. The zero-order valence-electron chi connectivity index (χ0n) is 15.9. The fourth-order valence-electron chi connectivity index (χ4n) is 2.48. The Morgan fingerprint density at radius 2 is 1.52 bits per heavy atom. The molecule has 0 saturated heterocycles. The van der Waals surface area contributed by atoms with Crippen molar-refractivity contribution < 1.29 is 21.6 Å². The molecule has 0 radical (unpaired) electrons. The molecule has 12 heteroatoms. The Kier molecular flexibility index (Phi) is 6.88. The third-order valence-corrected chi connectivity index (χ3v) is 7.32. The highest BCUT2D eigenvalue weighted by Gasteiger charge is 2.17. The standard InChI is InChI=1S/C19H17ClN4O5S2/c20-17-10-11-18(23-22-17)24-31(28,29)16-8-6-14(7-9-16)21-19(25)12-13-30(26,27)15-4-2-1-3-5-15/h1-11H,12-13H2,(H,21,25)(H,23,24). The van der Waals surface area contributed by atoms with Crippen LogP contribution in [0.15, 0.2) is 76.5 Å². The molecular weight excluding hydrogens is 464 g/mol. The van der Waals surface area contributed by atoms with E-state index in [0.29, 0.717) is 5.69 Å². The number of carbonyl (C=O) groups excluding carboxylic acids is 1. The van der Waals surface area contributed by atoms with Gasteiger partial charge in [0.2, 0.25) is 5.91 Å². The van der Waals surface area contributed by atoms with E-state index in [1.54, 1.807) is 18.2 Å². The molecule has 31 heavy (non-hydrogen) atoms. The summed E-state index contributed by atoms with van der Waals surface area (Å²) in [6.07, 6.45) is -0.242. The number of hydrogen-bond donors (Lipinski definition) is 2. The number of halogens is 1. The number of carbonyl (C=O) groups is 1. The van der Waals surface area contributed by atoms with Gasteiger partial charge in [-0.15, -0.1) is 10.2 Å². The van der Waals surface area contributed by atoms with Gasteiger partial charge in [-0.1, -0.05) is 29.8 Å². The average molecular weight is 481 g/mol. The third-order valence-electron chi connectivity index (χ3n) is 4.02. The Balaban J connectivity index is 1.59. The van der Waals surface area contributed by atoms with Gasteiger partial charge in [0.15, 0.2) is 20.8 Å². The molecule has 2 aromatic carbocycles. The quantitative estimate of drug-likeness (QED) is 0.506. The summed E-state index contributed by atoms with van der Waals surface area (Å²) >= 11 is 5.62. The lowest BCUT2D eigenvalue weighted by molar-refractivity contribution is -0.115. The predicted octanol–water partition coefficient (Wildman–Crippen LogP) is 2.73. The first kappa shape index (κ1) is 22.7. The minimum Gasteiger partial charge on any atom is -0.326 e. The third kappa shape index (κ3) is 6.23. The summed E-state index contributed by atoms with van der Waals surface area (Å²) in [6.45, 7) is 0. The van der Waals surface area contributed by atoms with E-state index in [1.807, 2.05) is 0 Å². The van der Waals surface area contributed by atoms with Gasteiger partial charge in [-0.3, -0.25) is 9.52 Å².